The van der Waals surface area contributed by atoms with E-state index in [9.17, 15) is 0 Å². The fraction of sp³-hybridized carbons (Fsp3) is 0.143. The third-order valence-corrected chi connectivity index (χ3v) is 2.91. The fourth-order valence-electron chi connectivity index (χ4n) is 1.70. The number of hydrogen-bond donors (Lipinski definition) is 2. The predicted octanol–water partition coefficient (Wildman–Crippen LogP) is 2.89. The van der Waals surface area contributed by atoms with Gasteiger partial charge in [0.1, 0.15) is 4.99 Å². The Bertz CT molecular complexity index is 522. The highest BCUT2D eigenvalue weighted by Gasteiger charge is 2.05. The Morgan fingerprint density at radius 2 is 1.94 bits per heavy atom. The van der Waals surface area contributed by atoms with Gasteiger partial charge in [0, 0.05) is 6.04 Å². The lowest BCUT2D eigenvalue weighted by Gasteiger charge is -2.15. The summed E-state index contributed by atoms with van der Waals surface area (Å²) in [6.45, 7) is 2.11. The minimum absolute atomic E-state index is 0.226. The molecule has 0 aliphatic carbocycles. The van der Waals surface area contributed by atoms with Crippen LogP contribution in [0.4, 0.5) is 5.69 Å². The van der Waals surface area contributed by atoms with Gasteiger partial charge in [-0.1, -0.05) is 42.5 Å². The molecule has 3 nitrogen and oxygen atoms in total. The van der Waals surface area contributed by atoms with Crippen LogP contribution in [0, 0.1) is 0 Å². The van der Waals surface area contributed by atoms with E-state index in [-0.39, 0.29) is 6.04 Å². The first-order valence-corrected chi connectivity index (χ1v) is 6.15. The summed E-state index contributed by atoms with van der Waals surface area (Å²) in [5.74, 6) is 0. The van der Waals surface area contributed by atoms with Crippen LogP contribution in [-0.2, 0) is 0 Å². The van der Waals surface area contributed by atoms with Gasteiger partial charge >= 0.3 is 0 Å². The maximum absolute atomic E-state index is 5.50. The molecule has 92 valence electrons. The van der Waals surface area contributed by atoms with Crippen molar-refractivity contribution in [1.29, 1.82) is 0 Å². The molecule has 0 amide bonds. The van der Waals surface area contributed by atoms with E-state index in [4.69, 9.17) is 18.0 Å². The lowest BCUT2D eigenvalue weighted by molar-refractivity contribution is 0.883. The Balaban J connectivity index is 2.08. The topological polar surface area (TPSA) is 50.9 Å². The van der Waals surface area contributed by atoms with E-state index in [2.05, 4.69) is 29.4 Å². The number of hydrogen-bond acceptors (Lipinski definition) is 3. The second-order valence-corrected chi connectivity index (χ2v) is 4.51. The zero-order valence-electron chi connectivity index (χ0n) is 10.1. The molecular formula is C14H15N3S. The molecule has 1 heterocycles. The normalized spacial score (nSPS) is 11.8. The zero-order valence-corrected chi connectivity index (χ0v) is 10.9. The molecule has 2 rings (SSSR count). The van der Waals surface area contributed by atoms with Crippen LogP contribution in [0.15, 0.2) is 48.7 Å². The fourth-order valence-corrected chi connectivity index (χ4v) is 1.82. The second-order valence-electron chi connectivity index (χ2n) is 4.07. The molecular weight excluding hydrogens is 242 g/mol. The maximum Gasteiger partial charge on any atom is 0.122 e. The SMILES string of the molecule is CC(Nc1ccc(C(N)=S)nc1)c1ccccc1. The van der Waals surface area contributed by atoms with Crippen LogP contribution in [0.3, 0.4) is 0 Å². The van der Waals surface area contributed by atoms with Crippen LogP contribution >= 0.6 is 12.2 Å². The highest BCUT2D eigenvalue weighted by molar-refractivity contribution is 7.80. The van der Waals surface area contributed by atoms with E-state index in [0.29, 0.717) is 10.7 Å². The summed E-state index contributed by atoms with van der Waals surface area (Å²) < 4.78 is 0. The third kappa shape index (κ3) is 3.05. The molecule has 0 saturated heterocycles. The van der Waals surface area contributed by atoms with E-state index in [0.717, 1.165) is 5.69 Å². The molecule has 0 aliphatic heterocycles. The molecule has 1 aromatic carbocycles. The predicted molar refractivity (Wildman–Crippen MR) is 78.6 cm³/mol. The second kappa shape index (κ2) is 5.60. The first-order valence-electron chi connectivity index (χ1n) is 5.74. The number of pyridine rings is 1. The van der Waals surface area contributed by atoms with Crippen molar-refractivity contribution in [2.75, 3.05) is 5.32 Å². The van der Waals surface area contributed by atoms with Crippen molar-refractivity contribution >= 4 is 22.9 Å². The van der Waals surface area contributed by atoms with Crippen LogP contribution in [0.25, 0.3) is 0 Å². The molecule has 0 fully saturated rings. The first kappa shape index (κ1) is 12.5. The van der Waals surface area contributed by atoms with E-state index >= 15 is 0 Å². The lowest BCUT2D eigenvalue weighted by atomic mass is 10.1. The van der Waals surface area contributed by atoms with Gasteiger partial charge < -0.3 is 11.1 Å². The van der Waals surface area contributed by atoms with Crippen molar-refractivity contribution < 1.29 is 0 Å². The molecule has 4 heteroatoms. The molecule has 1 atom stereocenters. The summed E-state index contributed by atoms with van der Waals surface area (Å²) in [7, 11) is 0. The molecule has 3 N–H and O–H groups in total. The summed E-state index contributed by atoms with van der Waals surface area (Å²) in [5, 5.41) is 3.38. The average Bonchev–Trinajstić information content (AvgIpc) is 2.40. The van der Waals surface area contributed by atoms with Gasteiger partial charge in [-0.05, 0) is 24.6 Å². The monoisotopic (exact) mass is 257 g/mol. The molecule has 0 spiro atoms. The van der Waals surface area contributed by atoms with Gasteiger partial charge in [-0.15, -0.1) is 0 Å². The van der Waals surface area contributed by atoms with Crippen molar-refractivity contribution in [3.05, 3.63) is 59.9 Å². The summed E-state index contributed by atoms with van der Waals surface area (Å²) in [4.78, 5) is 4.51. The summed E-state index contributed by atoms with van der Waals surface area (Å²) >= 11 is 4.86. The number of thiocarbonyl (C=S) groups is 1. The van der Waals surface area contributed by atoms with Gasteiger partial charge in [0.15, 0.2) is 0 Å². The van der Waals surface area contributed by atoms with Crippen LogP contribution in [0.1, 0.15) is 24.2 Å². The van der Waals surface area contributed by atoms with Crippen molar-refractivity contribution in [2.45, 2.75) is 13.0 Å². The molecule has 1 unspecified atom stereocenters. The summed E-state index contributed by atoms with van der Waals surface area (Å²) in [5.41, 5.74) is 8.33. The number of nitrogens with two attached hydrogens (primary N) is 1. The Morgan fingerprint density at radius 3 is 2.50 bits per heavy atom. The molecule has 0 bridgehead atoms. The van der Waals surface area contributed by atoms with Crippen LogP contribution in [-0.4, -0.2) is 9.97 Å². The number of aromatic nitrogens is 1. The Labute approximate surface area is 112 Å². The van der Waals surface area contributed by atoms with Gasteiger partial charge in [-0.3, -0.25) is 4.98 Å². The first-order chi connectivity index (χ1) is 8.66. The van der Waals surface area contributed by atoms with Gasteiger partial charge in [0.05, 0.1) is 17.6 Å². The quantitative estimate of drug-likeness (QED) is 0.827. The standard InChI is InChI=1S/C14H15N3S/c1-10(11-5-3-2-4-6-11)17-12-7-8-13(14(15)18)16-9-12/h2-10,17H,1H3,(H2,15,18). The van der Waals surface area contributed by atoms with Gasteiger partial charge in [0.2, 0.25) is 0 Å². The van der Waals surface area contributed by atoms with E-state index < -0.39 is 0 Å². The molecule has 2 aromatic rings. The maximum atomic E-state index is 5.50. The number of anilines is 1. The van der Waals surface area contributed by atoms with Gasteiger partial charge in [-0.2, -0.15) is 0 Å². The smallest absolute Gasteiger partial charge is 0.122 e. The van der Waals surface area contributed by atoms with Crippen molar-refractivity contribution in [2.24, 2.45) is 5.73 Å². The zero-order chi connectivity index (χ0) is 13.0. The van der Waals surface area contributed by atoms with E-state index in [1.165, 1.54) is 5.56 Å². The average molecular weight is 257 g/mol. The Hall–Kier alpha value is -1.94. The van der Waals surface area contributed by atoms with Crippen LogP contribution in [0.5, 0.6) is 0 Å². The highest BCUT2D eigenvalue weighted by Crippen LogP contribution is 2.18. The minimum atomic E-state index is 0.226. The van der Waals surface area contributed by atoms with Gasteiger partial charge in [-0.25, -0.2) is 0 Å². The van der Waals surface area contributed by atoms with E-state index in [1.807, 2.05) is 30.3 Å². The summed E-state index contributed by atoms with van der Waals surface area (Å²) in [6, 6.07) is 14.2. The molecule has 0 radical (unpaired) electrons. The Morgan fingerprint density at radius 1 is 1.22 bits per heavy atom. The molecule has 0 saturated carbocycles. The van der Waals surface area contributed by atoms with Crippen molar-refractivity contribution in [1.82, 2.24) is 4.98 Å². The lowest BCUT2D eigenvalue weighted by Crippen LogP contribution is -2.12. The van der Waals surface area contributed by atoms with Crippen molar-refractivity contribution in [3.8, 4) is 0 Å². The number of nitrogens with one attached hydrogen (secondary N) is 1. The Kier molecular flexibility index (Phi) is 3.89. The van der Waals surface area contributed by atoms with Crippen LogP contribution < -0.4 is 11.1 Å². The largest absolute Gasteiger partial charge is 0.388 e. The molecule has 1 aromatic heterocycles. The van der Waals surface area contributed by atoms with Gasteiger partial charge in [0.25, 0.3) is 0 Å². The summed E-state index contributed by atoms with van der Waals surface area (Å²) in [6.07, 6.45) is 1.74. The molecule has 0 aliphatic rings. The number of nitrogens with zero attached hydrogens (tertiary/aromatic N) is 1. The van der Waals surface area contributed by atoms with Crippen LogP contribution in [0.2, 0.25) is 0 Å². The van der Waals surface area contributed by atoms with Crippen molar-refractivity contribution in [3.63, 3.8) is 0 Å². The number of rotatable bonds is 4. The number of benzene rings is 1. The van der Waals surface area contributed by atoms with E-state index in [1.54, 1.807) is 6.20 Å². The minimum Gasteiger partial charge on any atom is -0.388 e. The highest BCUT2D eigenvalue weighted by atomic mass is 32.1. The third-order valence-electron chi connectivity index (χ3n) is 2.70. The molecule has 18 heavy (non-hydrogen) atoms.